The Morgan fingerprint density at radius 3 is 2.12 bits per heavy atom. The van der Waals surface area contributed by atoms with Crippen LogP contribution in [0.4, 0.5) is 0 Å². The summed E-state index contributed by atoms with van der Waals surface area (Å²) in [6, 6.07) is 26.3. The molecule has 1 aliphatic heterocycles. The van der Waals surface area contributed by atoms with Crippen LogP contribution in [-0.4, -0.2) is 11.5 Å². The second-order valence-corrected chi connectivity index (χ2v) is 6.56. The Labute approximate surface area is 156 Å². The predicted molar refractivity (Wildman–Crippen MR) is 103 cm³/mol. The zero-order chi connectivity index (χ0) is 17.9. The van der Waals surface area contributed by atoms with E-state index in [1.807, 2.05) is 72.8 Å². The van der Waals surface area contributed by atoms with Crippen LogP contribution in [0.15, 0.2) is 90.1 Å². The Hall–Kier alpha value is -2.91. The molecule has 0 saturated heterocycles. The van der Waals surface area contributed by atoms with E-state index in [4.69, 9.17) is 16.4 Å². The van der Waals surface area contributed by atoms with Gasteiger partial charge in [0.1, 0.15) is 11.6 Å². The molecule has 0 unspecified atom stereocenters. The molecule has 3 aromatic carbocycles. The Kier molecular flexibility index (Phi) is 4.55. The monoisotopic (exact) mass is 361 g/mol. The van der Waals surface area contributed by atoms with Gasteiger partial charge in [-0.25, -0.2) is 0 Å². The summed E-state index contributed by atoms with van der Waals surface area (Å²) in [5.74, 6) is -0.522. The van der Waals surface area contributed by atoms with Crippen molar-refractivity contribution in [2.45, 2.75) is 6.10 Å². The van der Waals surface area contributed by atoms with Gasteiger partial charge in [0.2, 0.25) is 0 Å². The van der Waals surface area contributed by atoms with Gasteiger partial charge in [0.15, 0.2) is 11.9 Å². The van der Waals surface area contributed by atoms with Crippen LogP contribution in [0.3, 0.4) is 0 Å². The molecule has 0 aliphatic carbocycles. The lowest BCUT2D eigenvalue weighted by atomic mass is 9.83. The summed E-state index contributed by atoms with van der Waals surface area (Å²) in [6.07, 6.45) is -0.449. The molecule has 0 aromatic heterocycles. The maximum atomic E-state index is 13.3. The molecule has 0 fully saturated rings. The molecule has 4 rings (SSSR count). The van der Waals surface area contributed by atoms with Gasteiger partial charge in [-0.15, -0.1) is 0 Å². The van der Waals surface area contributed by atoms with Crippen LogP contribution in [-0.2, 0) is 4.84 Å². The van der Waals surface area contributed by atoms with Gasteiger partial charge >= 0.3 is 0 Å². The number of hydrogen-bond acceptors (Lipinski definition) is 3. The van der Waals surface area contributed by atoms with Gasteiger partial charge in [-0.3, -0.25) is 4.79 Å². The lowest BCUT2D eigenvalue weighted by Crippen LogP contribution is -2.27. The van der Waals surface area contributed by atoms with E-state index in [0.717, 1.165) is 11.1 Å². The third-order valence-corrected chi connectivity index (χ3v) is 4.72. The number of hydrogen-bond donors (Lipinski definition) is 0. The van der Waals surface area contributed by atoms with E-state index in [-0.39, 0.29) is 5.78 Å². The molecule has 1 aliphatic rings. The SMILES string of the molecule is O=C(c1ccccc1)[C@H]1C(c2ccc(Cl)cc2)=NO[C@@H]1c1ccccc1. The molecule has 128 valence electrons. The molecule has 3 aromatic rings. The van der Waals surface area contributed by atoms with E-state index < -0.39 is 12.0 Å². The average Bonchev–Trinajstić information content (AvgIpc) is 3.14. The number of carbonyl (C=O) groups is 1. The van der Waals surface area contributed by atoms with Crippen molar-refractivity contribution >= 4 is 23.1 Å². The van der Waals surface area contributed by atoms with Crippen LogP contribution >= 0.6 is 11.6 Å². The average molecular weight is 362 g/mol. The molecular formula is C22H16ClNO2. The summed E-state index contributed by atoms with van der Waals surface area (Å²) >= 11 is 6.00. The number of rotatable bonds is 4. The fourth-order valence-electron chi connectivity index (χ4n) is 3.17. The first kappa shape index (κ1) is 16.6. The highest BCUT2D eigenvalue weighted by Gasteiger charge is 2.41. The van der Waals surface area contributed by atoms with Gasteiger partial charge in [0.05, 0.1) is 0 Å². The number of ketones is 1. The van der Waals surface area contributed by atoms with Gasteiger partial charge in [-0.2, -0.15) is 0 Å². The van der Waals surface area contributed by atoms with Crippen molar-refractivity contribution in [2.24, 2.45) is 11.1 Å². The van der Waals surface area contributed by atoms with Gasteiger partial charge in [-0.05, 0) is 17.7 Å². The number of Topliss-reactive ketones (excluding diaryl/α,β-unsaturated/α-hetero) is 1. The molecule has 26 heavy (non-hydrogen) atoms. The van der Waals surface area contributed by atoms with E-state index >= 15 is 0 Å². The molecule has 0 spiro atoms. The van der Waals surface area contributed by atoms with Crippen LogP contribution in [0.5, 0.6) is 0 Å². The maximum Gasteiger partial charge on any atom is 0.176 e. The van der Waals surface area contributed by atoms with Gasteiger partial charge < -0.3 is 4.84 Å². The van der Waals surface area contributed by atoms with Crippen molar-refractivity contribution in [3.05, 3.63) is 107 Å². The predicted octanol–water partition coefficient (Wildman–Crippen LogP) is 5.31. The summed E-state index contributed by atoms with van der Waals surface area (Å²) < 4.78 is 0. The minimum atomic E-state index is -0.513. The van der Waals surface area contributed by atoms with Gasteiger partial charge in [-0.1, -0.05) is 89.6 Å². The van der Waals surface area contributed by atoms with E-state index in [1.165, 1.54) is 0 Å². The standard InChI is InChI=1S/C22H16ClNO2/c23-18-13-11-15(12-14-18)20-19(21(25)16-7-3-1-4-8-16)22(26-24-20)17-9-5-2-6-10-17/h1-14,19,22H/t19-,22-/m1/s1. The fraction of sp³-hybridized carbons (Fsp3) is 0.0909. The minimum Gasteiger partial charge on any atom is -0.386 e. The topological polar surface area (TPSA) is 38.7 Å². The van der Waals surface area contributed by atoms with E-state index in [0.29, 0.717) is 16.3 Å². The normalized spacial score (nSPS) is 18.9. The summed E-state index contributed by atoms with van der Waals surface area (Å²) in [4.78, 5) is 19.0. The molecule has 3 nitrogen and oxygen atoms in total. The van der Waals surface area contributed by atoms with Crippen LogP contribution in [0.1, 0.15) is 27.6 Å². The molecular weight excluding hydrogens is 346 g/mol. The quantitative estimate of drug-likeness (QED) is 0.590. The molecule has 0 radical (unpaired) electrons. The number of nitrogens with zero attached hydrogens (tertiary/aromatic N) is 1. The summed E-state index contributed by atoms with van der Waals surface area (Å²) in [7, 11) is 0. The first-order chi connectivity index (χ1) is 12.7. The molecule has 0 N–H and O–H groups in total. The van der Waals surface area contributed by atoms with Crippen molar-refractivity contribution in [1.82, 2.24) is 0 Å². The molecule has 1 heterocycles. The van der Waals surface area contributed by atoms with Gasteiger partial charge in [0.25, 0.3) is 0 Å². The van der Waals surface area contributed by atoms with Crippen LogP contribution in [0.2, 0.25) is 5.02 Å². The molecule has 0 saturated carbocycles. The third kappa shape index (κ3) is 3.14. The number of halogens is 1. The van der Waals surface area contributed by atoms with Crippen LogP contribution < -0.4 is 0 Å². The number of oxime groups is 1. The van der Waals surface area contributed by atoms with Crippen molar-refractivity contribution in [2.75, 3.05) is 0 Å². The highest BCUT2D eigenvalue weighted by molar-refractivity contribution is 6.30. The highest BCUT2D eigenvalue weighted by Crippen LogP contribution is 2.37. The fourth-order valence-corrected chi connectivity index (χ4v) is 3.29. The minimum absolute atomic E-state index is 0.00865. The zero-order valence-electron chi connectivity index (χ0n) is 13.9. The Bertz CT molecular complexity index is 937. The second kappa shape index (κ2) is 7.14. The Morgan fingerprint density at radius 1 is 0.846 bits per heavy atom. The Balaban J connectivity index is 1.76. The van der Waals surface area contributed by atoms with Crippen molar-refractivity contribution in [3.63, 3.8) is 0 Å². The Morgan fingerprint density at radius 2 is 1.46 bits per heavy atom. The van der Waals surface area contributed by atoms with Crippen molar-refractivity contribution in [1.29, 1.82) is 0 Å². The van der Waals surface area contributed by atoms with Crippen molar-refractivity contribution in [3.8, 4) is 0 Å². The van der Waals surface area contributed by atoms with Crippen LogP contribution in [0.25, 0.3) is 0 Å². The van der Waals surface area contributed by atoms with Crippen LogP contribution in [0, 0.1) is 5.92 Å². The largest absolute Gasteiger partial charge is 0.386 e. The number of benzene rings is 3. The zero-order valence-corrected chi connectivity index (χ0v) is 14.6. The van der Waals surface area contributed by atoms with E-state index in [1.54, 1.807) is 12.1 Å². The maximum absolute atomic E-state index is 13.3. The summed E-state index contributed by atoms with van der Waals surface area (Å²) in [5, 5.41) is 4.91. The van der Waals surface area contributed by atoms with E-state index in [9.17, 15) is 4.79 Å². The third-order valence-electron chi connectivity index (χ3n) is 4.47. The number of carbonyl (C=O) groups excluding carboxylic acids is 1. The summed E-state index contributed by atoms with van der Waals surface area (Å²) in [6.45, 7) is 0. The second-order valence-electron chi connectivity index (χ2n) is 6.13. The lowest BCUT2D eigenvalue weighted by Gasteiger charge is -2.18. The summed E-state index contributed by atoms with van der Waals surface area (Å²) in [5.41, 5.74) is 3.03. The first-order valence-corrected chi connectivity index (χ1v) is 8.76. The molecule has 2 atom stereocenters. The molecule has 4 heteroatoms. The lowest BCUT2D eigenvalue weighted by molar-refractivity contribution is 0.0533. The van der Waals surface area contributed by atoms with E-state index in [2.05, 4.69) is 5.16 Å². The highest BCUT2D eigenvalue weighted by atomic mass is 35.5. The molecule has 0 bridgehead atoms. The molecule has 0 amide bonds. The van der Waals surface area contributed by atoms with Crippen molar-refractivity contribution < 1.29 is 9.63 Å². The smallest absolute Gasteiger partial charge is 0.176 e. The van der Waals surface area contributed by atoms with Gasteiger partial charge in [0, 0.05) is 16.1 Å². The first-order valence-electron chi connectivity index (χ1n) is 8.38.